The van der Waals surface area contributed by atoms with E-state index in [2.05, 4.69) is 19.1 Å². The summed E-state index contributed by atoms with van der Waals surface area (Å²) in [4.78, 5) is 0. The molecule has 0 spiro atoms. The molecule has 1 aromatic carbocycles. The van der Waals surface area contributed by atoms with Crippen LogP contribution in [-0.2, 0) is 6.42 Å². The molecule has 0 radical (unpaired) electrons. The summed E-state index contributed by atoms with van der Waals surface area (Å²) in [7, 11) is 0. The molecule has 1 nitrogen and oxygen atoms in total. The average Bonchev–Trinajstić information content (AvgIpc) is 2.30. The normalized spacial score (nSPS) is 12.6. The first-order valence-electron chi connectivity index (χ1n) is 6.55. The van der Waals surface area contributed by atoms with Gasteiger partial charge in [0.2, 0.25) is 0 Å². The van der Waals surface area contributed by atoms with Crippen LogP contribution in [-0.4, -0.2) is 11.2 Å². The number of hydrogen-bond donors (Lipinski definition) is 1. The number of unbranched alkanes of at least 4 members (excludes halogenated alkanes) is 4. The molecule has 0 aliphatic heterocycles. The summed E-state index contributed by atoms with van der Waals surface area (Å²) < 4.78 is 0. The van der Waals surface area contributed by atoms with Crippen LogP contribution < -0.4 is 0 Å². The van der Waals surface area contributed by atoms with Gasteiger partial charge in [-0.3, -0.25) is 0 Å². The van der Waals surface area contributed by atoms with Crippen LogP contribution in [0.5, 0.6) is 0 Å². The Morgan fingerprint density at radius 2 is 1.69 bits per heavy atom. The SMILES string of the molecule is CCCCCCCC(O)Cc1ccccc1. The summed E-state index contributed by atoms with van der Waals surface area (Å²) in [6.07, 6.45) is 7.93. The van der Waals surface area contributed by atoms with Crippen LogP contribution in [0.4, 0.5) is 0 Å². The first kappa shape index (κ1) is 13.2. The zero-order valence-corrected chi connectivity index (χ0v) is 10.4. The van der Waals surface area contributed by atoms with Gasteiger partial charge >= 0.3 is 0 Å². The van der Waals surface area contributed by atoms with E-state index in [1.807, 2.05) is 18.2 Å². The summed E-state index contributed by atoms with van der Waals surface area (Å²) in [5, 5.41) is 9.86. The smallest absolute Gasteiger partial charge is 0.0580 e. The minimum Gasteiger partial charge on any atom is -0.393 e. The van der Waals surface area contributed by atoms with E-state index in [0.29, 0.717) is 0 Å². The maximum absolute atomic E-state index is 9.86. The third-order valence-electron chi connectivity index (χ3n) is 2.96. The molecule has 1 atom stereocenters. The lowest BCUT2D eigenvalue weighted by Crippen LogP contribution is -2.10. The van der Waals surface area contributed by atoms with Gasteiger partial charge in [-0.2, -0.15) is 0 Å². The van der Waals surface area contributed by atoms with Gasteiger partial charge in [-0.1, -0.05) is 69.4 Å². The number of aliphatic hydroxyl groups excluding tert-OH is 1. The minimum absolute atomic E-state index is 0.163. The Bertz CT molecular complexity index is 255. The Balaban J connectivity index is 2.09. The predicted octanol–water partition coefficient (Wildman–Crippen LogP) is 3.95. The molecule has 0 amide bonds. The third-order valence-corrected chi connectivity index (χ3v) is 2.96. The lowest BCUT2D eigenvalue weighted by Gasteiger charge is -2.10. The van der Waals surface area contributed by atoms with Crippen LogP contribution in [0.15, 0.2) is 30.3 Å². The Morgan fingerprint density at radius 1 is 1.00 bits per heavy atom. The topological polar surface area (TPSA) is 20.2 Å². The minimum atomic E-state index is -0.163. The molecular formula is C15H24O. The second-order valence-electron chi connectivity index (χ2n) is 4.55. The van der Waals surface area contributed by atoms with Crippen molar-refractivity contribution in [3.05, 3.63) is 35.9 Å². The molecule has 1 unspecified atom stereocenters. The molecule has 1 rings (SSSR count). The highest BCUT2D eigenvalue weighted by Crippen LogP contribution is 2.11. The molecule has 16 heavy (non-hydrogen) atoms. The quantitative estimate of drug-likeness (QED) is 0.658. The fourth-order valence-electron chi connectivity index (χ4n) is 1.97. The fraction of sp³-hybridized carbons (Fsp3) is 0.600. The molecule has 0 saturated carbocycles. The van der Waals surface area contributed by atoms with Crippen molar-refractivity contribution in [2.45, 2.75) is 58.0 Å². The monoisotopic (exact) mass is 220 g/mol. The average molecular weight is 220 g/mol. The molecule has 0 fully saturated rings. The van der Waals surface area contributed by atoms with Crippen molar-refractivity contribution in [2.75, 3.05) is 0 Å². The summed E-state index contributed by atoms with van der Waals surface area (Å²) in [6, 6.07) is 10.2. The maximum Gasteiger partial charge on any atom is 0.0580 e. The molecule has 1 heteroatoms. The van der Waals surface area contributed by atoms with E-state index in [1.165, 1.54) is 31.2 Å². The van der Waals surface area contributed by atoms with E-state index in [4.69, 9.17) is 0 Å². The van der Waals surface area contributed by atoms with Crippen LogP contribution in [0.25, 0.3) is 0 Å². The van der Waals surface area contributed by atoms with Gasteiger partial charge < -0.3 is 5.11 Å². The van der Waals surface area contributed by atoms with Crippen molar-refractivity contribution in [3.63, 3.8) is 0 Å². The van der Waals surface area contributed by atoms with Gasteiger partial charge in [-0.05, 0) is 18.4 Å². The Hall–Kier alpha value is -0.820. The summed E-state index contributed by atoms with van der Waals surface area (Å²) in [5.41, 5.74) is 1.24. The van der Waals surface area contributed by atoms with Crippen LogP contribution in [0.1, 0.15) is 51.0 Å². The van der Waals surface area contributed by atoms with Gasteiger partial charge in [0.1, 0.15) is 0 Å². The van der Waals surface area contributed by atoms with E-state index in [9.17, 15) is 5.11 Å². The second-order valence-corrected chi connectivity index (χ2v) is 4.55. The Kier molecular flexibility index (Phi) is 6.91. The molecule has 1 aromatic rings. The van der Waals surface area contributed by atoms with Crippen molar-refractivity contribution in [1.29, 1.82) is 0 Å². The summed E-state index contributed by atoms with van der Waals surface area (Å²) in [5.74, 6) is 0. The lowest BCUT2D eigenvalue weighted by atomic mass is 10.0. The van der Waals surface area contributed by atoms with E-state index >= 15 is 0 Å². The van der Waals surface area contributed by atoms with Crippen LogP contribution in [0.3, 0.4) is 0 Å². The van der Waals surface area contributed by atoms with Crippen molar-refractivity contribution < 1.29 is 5.11 Å². The molecule has 0 bridgehead atoms. The molecule has 0 aromatic heterocycles. The van der Waals surface area contributed by atoms with E-state index in [0.717, 1.165) is 19.3 Å². The molecule has 0 saturated heterocycles. The number of rotatable bonds is 8. The molecule has 0 aliphatic carbocycles. The molecule has 90 valence electrons. The fourth-order valence-corrected chi connectivity index (χ4v) is 1.97. The van der Waals surface area contributed by atoms with Crippen LogP contribution >= 0.6 is 0 Å². The van der Waals surface area contributed by atoms with Gasteiger partial charge in [0, 0.05) is 0 Å². The summed E-state index contributed by atoms with van der Waals surface area (Å²) >= 11 is 0. The number of hydrogen-bond acceptors (Lipinski definition) is 1. The molecular weight excluding hydrogens is 196 g/mol. The highest BCUT2D eigenvalue weighted by molar-refractivity contribution is 5.15. The highest BCUT2D eigenvalue weighted by atomic mass is 16.3. The van der Waals surface area contributed by atoms with E-state index in [1.54, 1.807) is 0 Å². The highest BCUT2D eigenvalue weighted by Gasteiger charge is 2.04. The molecule has 0 aliphatic rings. The molecule has 1 N–H and O–H groups in total. The van der Waals surface area contributed by atoms with Crippen molar-refractivity contribution in [1.82, 2.24) is 0 Å². The Morgan fingerprint density at radius 3 is 2.38 bits per heavy atom. The molecule has 0 heterocycles. The maximum atomic E-state index is 9.86. The van der Waals surface area contributed by atoms with Crippen molar-refractivity contribution >= 4 is 0 Å². The van der Waals surface area contributed by atoms with E-state index < -0.39 is 0 Å². The number of benzene rings is 1. The zero-order chi connectivity index (χ0) is 11.6. The predicted molar refractivity (Wildman–Crippen MR) is 69.5 cm³/mol. The van der Waals surface area contributed by atoms with E-state index in [-0.39, 0.29) is 6.10 Å². The van der Waals surface area contributed by atoms with Gasteiger partial charge in [-0.15, -0.1) is 0 Å². The van der Waals surface area contributed by atoms with Gasteiger partial charge in [-0.25, -0.2) is 0 Å². The second kappa shape index (κ2) is 8.35. The van der Waals surface area contributed by atoms with Crippen molar-refractivity contribution in [3.8, 4) is 0 Å². The Labute approximate surface area is 99.5 Å². The first-order valence-corrected chi connectivity index (χ1v) is 6.55. The van der Waals surface area contributed by atoms with Gasteiger partial charge in [0.05, 0.1) is 6.10 Å². The van der Waals surface area contributed by atoms with Gasteiger partial charge in [0.25, 0.3) is 0 Å². The van der Waals surface area contributed by atoms with Crippen molar-refractivity contribution in [2.24, 2.45) is 0 Å². The standard InChI is InChI=1S/C15H24O/c1-2-3-4-5-9-12-15(16)13-14-10-7-6-8-11-14/h6-8,10-11,15-16H,2-5,9,12-13H2,1H3. The lowest BCUT2D eigenvalue weighted by molar-refractivity contribution is 0.161. The summed E-state index contributed by atoms with van der Waals surface area (Å²) in [6.45, 7) is 2.23. The first-order chi connectivity index (χ1) is 7.83. The van der Waals surface area contributed by atoms with Crippen LogP contribution in [0, 0.1) is 0 Å². The zero-order valence-electron chi connectivity index (χ0n) is 10.4. The third kappa shape index (κ3) is 5.92. The van der Waals surface area contributed by atoms with Gasteiger partial charge in [0.15, 0.2) is 0 Å². The van der Waals surface area contributed by atoms with Crippen LogP contribution in [0.2, 0.25) is 0 Å². The largest absolute Gasteiger partial charge is 0.393 e. The number of aliphatic hydroxyl groups is 1.